The fraction of sp³-hybridized carbons (Fsp3) is 0.471. The Balaban J connectivity index is 1.87. The van der Waals surface area contributed by atoms with Gasteiger partial charge >= 0.3 is 0 Å². The third-order valence-corrected chi connectivity index (χ3v) is 5.14. The fourth-order valence-electron chi connectivity index (χ4n) is 3.22. The van der Waals surface area contributed by atoms with Gasteiger partial charge < -0.3 is 14.4 Å². The van der Waals surface area contributed by atoms with Crippen LogP contribution in [0.1, 0.15) is 30.2 Å². The summed E-state index contributed by atoms with van der Waals surface area (Å²) >= 11 is 1.62. The van der Waals surface area contributed by atoms with Gasteiger partial charge in [0.1, 0.15) is 12.4 Å². The average molecular weight is 316 g/mol. The summed E-state index contributed by atoms with van der Waals surface area (Å²) < 4.78 is 7.67. The molecule has 2 aromatic heterocycles. The van der Waals surface area contributed by atoms with Crippen molar-refractivity contribution in [1.82, 2.24) is 9.55 Å². The van der Waals surface area contributed by atoms with Crippen molar-refractivity contribution in [3.63, 3.8) is 0 Å². The van der Waals surface area contributed by atoms with E-state index in [0.29, 0.717) is 12.0 Å². The van der Waals surface area contributed by atoms with Crippen LogP contribution in [0.4, 0.5) is 0 Å². The SMILES string of the molecule is COC[C@H]1CCC[C@H]1n1ccnc1-c1ccc(C#CCO)s1. The highest BCUT2D eigenvalue weighted by Gasteiger charge is 2.30. The van der Waals surface area contributed by atoms with Gasteiger partial charge in [-0.05, 0) is 25.0 Å². The molecule has 0 aliphatic heterocycles. The molecule has 0 spiro atoms. The Hall–Kier alpha value is -1.61. The monoisotopic (exact) mass is 316 g/mol. The molecule has 5 heteroatoms. The molecule has 0 radical (unpaired) electrons. The Morgan fingerprint density at radius 3 is 3.18 bits per heavy atom. The van der Waals surface area contributed by atoms with Crippen molar-refractivity contribution in [2.45, 2.75) is 25.3 Å². The molecule has 0 unspecified atom stereocenters. The first-order valence-electron chi connectivity index (χ1n) is 7.55. The maximum Gasteiger partial charge on any atom is 0.150 e. The number of aromatic nitrogens is 2. The van der Waals surface area contributed by atoms with Crippen LogP contribution in [0.3, 0.4) is 0 Å². The normalized spacial score (nSPS) is 20.8. The van der Waals surface area contributed by atoms with E-state index in [0.717, 1.165) is 22.2 Å². The zero-order valence-electron chi connectivity index (χ0n) is 12.7. The number of ether oxygens (including phenoxy) is 1. The lowest BCUT2D eigenvalue weighted by Crippen LogP contribution is -2.18. The average Bonchev–Trinajstić information content (AvgIpc) is 3.24. The van der Waals surface area contributed by atoms with Gasteiger partial charge in [-0.2, -0.15) is 0 Å². The number of thiophene rings is 1. The molecule has 1 fully saturated rings. The summed E-state index contributed by atoms with van der Waals surface area (Å²) in [6.45, 7) is 0.697. The minimum Gasteiger partial charge on any atom is -0.384 e. The Kier molecular flexibility index (Phi) is 4.94. The second-order valence-electron chi connectivity index (χ2n) is 5.50. The first kappa shape index (κ1) is 15.3. The Morgan fingerprint density at radius 1 is 1.45 bits per heavy atom. The standard InChI is InChI=1S/C17H20N2O2S/c1-21-12-13-4-2-6-15(13)19-10-9-18-17(19)16-8-7-14(22-16)5-3-11-20/h7-10,13,15,20H,2,4,6,11-12H2,1H3/t13-,15-/m1/s1. The second-order valence-corrected chi connectivity index (χ2v) is 6.58. The summed E-state index contributed by atoms with van der Waals surface area (Å²) in [6.07, 6.45) is 7.59. The Morgan fingerprint density at radius 2 is 2.36 bits per heavy atom. The van der Waals surface area contributed by atoms with Gasteiger partial charge in [0.15, 0.2) is 0 Å². The van der Waals surface area contributed by atoms with Crippen molar-refractivity contribution in [3.05, 3.63) is 29.4 Å². The molecule has 1 aliphatic rings. The van der Waals surface area contributed by atoms with Crippen LogP contribution in [0, 0.1) is 17.8 Å². The largest absolute Gasteiger partial charge is 0.384 e. The van der Waals surface area contributed by atoms with Gasteiger partial charge in [-0.1, -0.05) is 18.3 Å². The van der Waals surface area contributed by atoms with Crippen LogP contribution in [0.25, 0.3) is 10.7 Å². The summed E-state index contributed by atoms with van der Waals surface area (Å²) in [5.74, 6) is 7.22. The van der Waals surface area contributed by atoms with E-state index in [4.69, 9.17) is 9.84 Å². The van der Waals surface area contributed by atoms with Gasteiger partial charge in [-0.25, -0.2) is 4.98 Å². The molecular weight excluding hydrogens is 296 g/mol. The van der Waals surface area contributed by atoms with E-state index in [2.05, 4.69) is 33.7 Å². The molecule has 0 aromatic carbocycles. The third kappa shape index (κ3) is 3.09. The molecule has 2 aromatic rings. The van der Waals surface area contributed by atoms with E-state index in [1.165, 1.54) is 19.3 Å². The molecule has 0 bridgehead atoms. The summed E-state index contributed by atoms with van der Waals surface area (Å²) in [6, 6.07) is 4.51. The minimum absolute atomic E-state index is 0.108. The molecule has 1 aliphatic carbocycles. The lowest BCUT2D eigenvalue weighted by molar-refractivity contribution is 0.135. The molecule has 4 nitrogen and oxygen atoms in total. The quantitative estimate of drug-likeness (QED) is 0.882. The van der Waals surface area contributed by atoms with Crippen LogP contribution in [0.2, 0.25) is 0 Å². The molecule has 1 N–H and O–H groups in total. The summed E-state index contributed by atoms with van der Waals surface area (Å²) in [5.41, 5.74) is 0. The summed E-state index contributed by atoms with van der Waals surface area (Å²) in [5, 5.41) is 8.79. The van der Waals surface area contributed by atoms with Crippen molar-refractivity contribution in [2.24, 2.45) is 5.92 Å². The Labute approximate surface area is 134 Å². The van der Waals surface area contributed by atoms with Crippen LogP contribution < -0.4 is 0 Å². The smallest absolute Gasteiger partial charge is 0.150 e. The number of aliphatic hydroxyl groups is 1. The maximum absolute atomic E-state index is 8.79. The van der Waals surface area contributed by atoms with Crippen LogP contribution in [-0.2, 0) is 4.74 Å². The zero-order chi connectivity index (χ0) is 15.4. The lowest BCUT2D eigenvalue weighted by Gasteiger charge is -2.22. The van der Waals surface area contributed by atoms with E-state index in [-0.39, 0.29) is 6.61 Å². The number of nitrogens with zero attached hydrogens (tertiary/aromatic N) is 2. The molecule has 0 saturated heterocycles. The van der Waals surface area contributed by atoms with E-state index < -0.39 is 0 Å². The molecular formula is C17H20N2O2S. The number of hydrogen-bond donors (Lipinski definition) is 1. The van der Waals surface area contributed by atoms with Gasteiger partial charge in [-0.3, -0.25) is 0 Å². The Bertz CT molecular complexity index is 680. The lowest BCUT2D eigenvalue weighted by atomic mass is 10.0. The molecule has 1 saturated carbocycles. The predicted molar refractivity (Wildman–Crippen MR) is 87.8 cm³/mol. The topological polar surface area (TPSA) is 47.3 Å². The minimum atomic E-state index is -0.108. The van der Waals surface area contributed by atoms with Crippen molar-refractivity contribution in [3.8, 4) is 22.5 Å². The number of imidazole rings is 1. The molecule has 116 valence electrons. The van der Waals surface area contributed by atoms with Crippen LogP contribution in [0.5, 0.6) is 0 Å². The van der Waals surface area contributed by atoms with Gasteiger partial charge in [-0.15, -0.1) is 11.3 Å². The number of hydrogen-bond acceptors (Lipinski definition) is 4. The molecule has 3 rings (SSSR count). The second kappa shape index (κ2) is 7.10. The third-order valence-electron chi connectivity index (χ3n) is 4.14. The van der Waals surface area contributed by atoms with E-state index in [1.807, 2.05) is 12.3 Å². The fourth-order valence-corrected chi connectivity index (χ4v) is 4.10. The predicted octanol–water partition coefficient (Wildman–Crippen LogP) is 2.94. The van der Waals surface area contributed by atoms with Crippen LogP contribution in [0.15, 0.2) is 24.5 Å². The zero-order valence-corrected chi connectivity index (χ0v) is 13.5. The van der Waals surface area contributed by atoms with Crippen LogP contribution in [-0.4, -0.2) is 35.0 Å². The van der Waals surface area contributed by atoms with E-state index in [1.54, 1.807) is 18.4 Å². The van der Waals surface area contributed by atoms with Gasteiger partial charge in [0.2, 0.25) is 0 Å². The first-order chi connectivity index (χ1) is 10.8. The number of rotatable bonds is 4. The number of methoxy groups -OCH3 is 1. The maximum atomic E-state index is 8.79. The van der Waals surface area contributed by atoms with Crippen molar-refractivity contribution in [2.75, 3.05) is 20.3 Å². The molecule has 2 heterocycles. The first-order valence-corrected chi connectivity index (χ1v) is 8.37. The van der Waals surface area contributed by atoms with Gasteiger partial charge in [0.05, 0.1) is 16.4 Å². The van der Waals surface area contributed by atoms with Gasteiger partial charge in [0.25, 0.3) is 0 Å². The molecule has 22 heavy (non-hydrogen) atoms. The highest BCUT2D eigenvalue weighted by atomic mass is 32.1. The van der Waals surface area contributed by atoms with Crippen LogP contribution >= 0.6 is 11.3 Å². The molecule has 2 atom stereocenters. The van der Waals surface area contributed by atoms with E-state index >= 15 is 0 Å². The van der Waals surface area contributed by atoms with Crippen molar-refractivity contribution < 1.29 is 9.84 Å². The van der Waals surface area contributed by atoms with Crippen molar-refractivity contribution in [1.29, 1.82) is 0 Å². The van der Waals surface area contributed by atoms with Crippen molar-refractivity contribution >= 4 is 11.3 Å². The highest BCUT2D eigenvalue weighted by molar-refractivity contribution is 7.15. The van der Waals surface area contributed by atoms with E-state index in [9.17, 15) is 0 Å². The number of aliphatic hydroxyl groups excluding tert-OH is 1. The molecule has 0 amide bonds. The summed E-state index contributed by atoms with van der Waals surface area (Å²) in [4.78, 5) is 6.63. The summed E-state index contributed by atoms with van der Waals surface area (Å²) in [7, 11) is 1.77. The highest BCUT2D eigenvalue weighted by Crippen LogP contribution is 2.39. The van der Waals surface area contributed by atoms with Gasteiger partial charge in [0, 0.05) is 31.5 Å².